The van der Waals surface area contributed by atoms with E-state index in [1.165, 1.54) is 6.42 Å². The Labute approximate surface area is 93.0 Å². The van der Waals surface area contributed by atoms with Gasteiger partial charge in [-0.05, 0) is 57.8 Å². The lowest BCUT2D eigenvalue weighted by molar-refractivity contribution is 0.458. The number of hydrogen-bond acceptors (Lipinski definition) is 2. The van der Waals surface area contributed by atoms with Gasteiger partial charge >= 0.3 is 0 Å². The lowest BCUT2D eigenvalue weighted by Crippen LogP contribution is -2.25. The van der Waals surface area contributed by atoms with Gasteiger partial charge in [-0.15, -0.1) is 0 Å². The summed E-state index contributed by atoms with van der Waals surface area (Å²) in [6.45, 7) is 7.69. The zero-order valence-corrected chi connectivity index (χ0v) is 11.9. The first kappa shape index (κ1) is 11.9. The fourth-order valence-electron chi connectivity index (χ4n) is 3.74. The summed E-state index contributed by atoms with van der Waals surface area (Å²) in [6.07, 6.45) is 3.34. The van der Waals surface area contributed by atoms with Gasteiger partial charge in [0.15, 0.2) is 0 Å². The SMILES string of the molecule is CP(C)(=O)[C@@H]1CC2CC1C[C@H]2P(C)(C)=O. The summed E-state index contributed by atoms with van der Waals surface area (Å²) in [6, 6.07) is 0. The molecule has 0 aromatic carbocycles. The maximum Gasteiger partial charge on any atom is 0.0851 e. The third-order valence-electron chi connectivity index (χ3n) is 4.38. The van der Waals surface area contributed by atoms with Crippen LogP contribution >= 0.6 is 14.3 Å². The Hall–Kier alpha value is 0.460. The molecule has 0 heterocycles. The van der Waals surface area contributed by atoms with Gasteiger partial charge < -0.3 is 9.13 Å². The van der Waals surface area contributed by atoms with Crippen LogP contribution in [-0.2, 0) is 9.13 Å². The van der Waals surface area contributed by atoms with E-state index in [2.05, 4.69) is 0 Å². The van der Waals surface area contributed by atoms with Crippen molar-refractivity contribution in [1.82, 2.24) is 0 Å². The predicted molar refractivity (Wildman–Crippen MR) is 67.3 cm³/mol. The van der Waals surface area contributed by atoms with Crippen molar-refractivity contribution in [2.75, 3.05) is 26.7 Å². The minimum atomic E-state index is -1.92. The van der Waals surface area contributed by atoms with E-state index < -0.39 is 14.3 Å². The van der Waals surface area contributed by atoms with Crippen LogP contribution in [0, 0.1) is 11.8 Å². The molecule has 2 aliphatic rings. The molecule has 2 saturated carbocycles. The summed E-state index contributed by atoms with van der Waals surface area (Å²) in [5.41, 5.74) is 0.871. The van der Waals surface area contributed by atoms with E-state index in [0.717, 1.165) is 12.8 Å². The van der Waals surface area contributed by atoms with E-state index >= 15 is 0 Å². The number of hydrogen-bond donors (Lipinski definition) is 0. The van der Waals surface area contributed by atoms with Crippen LogP contribution in [0.2, 0.25) is 0 Å². The van der Waals surface area contributed by atoms with Crippen LogP contribution in [-0.4, -0.2) is 38.0 Å². The highest BCUT2D eigenvalue weighted by molar-refractivity contribution is 7.63. The maximum atomic E-state index is 12.1. The summed E-state index contributed by atoms with van der Waals surface area (Å²) < 4.78 is 24.2. The van der Waals surface area contributed by atoms with Crippen molar-refractivity contribution in [3.8, 4) is 0 Å². The molecule has 0 aromatic heterocycles. The van der Waals surface area contributed by atoms with E-state index in [9.17, 15) is 9.13 Å². The van der Waals surface area contributed by atoms with E-state index in [-0.39, 0.29) is 0 Å². The van der Waals surface area contributed by atoms with Gasteiger partial charge in [-0.1, -0.05) is 0 Å². The summed E-state index contributed by atoms with van der Waals surface area (Å²) in [4.78, 5) is 0. The molecule has 0 aliphatic heterocycles. The van der Waals surface area contributed by atoms with Gasteiger partial charge in [-0.25, -0.2) is 0 Å². The van der Waals surface area contributed by atoms with Crippen LogP contribution in [0.25, 0.3) is 0 Å². The molecule has 0 aromatic rings. The second kappa shape index (κ2) is 3.47. The minimum Gasteiger partial charge on any atom is -0.324 e. The zero-order valence-electron chi connectivity index (χ0n) is 10.1. The third-order valence-corrected chi connectivity index (χ3v) is 8.84. The minimum absolute atomic E-state index is 0.435. The molecule has 2 fully saturated rings. The summed E-state index contributed by atoms with van der Waals surface area (Å²) in [7, 11) is -3.85. The van der Waals surface area contributed by atoms with Gasteiger partial charge in [0.25, 0.3) is 0 Å². The Morgan fingerprint density at radius 3 is 1.27 bits per heavy atom. The highest BCUT2D eigenvalue weighted by Crippen LogP contribution is 2.66. The molecule has 0 amide bonds. The highest BCUT2D eigenvalue weighted by Gasteiger charge is 2.52. The Bertz CT molecular complexity index is 318. The van der Waals surface area contributed by atoms with Gasteiger partial charge in [-0.2, -0.15) is 0 Å². The molecule has 0 saturated heterocycles. The smallest absolute Gasteiger partial charge is 0.0851 e. The average molecular weight is 248 g/mol. The first-order chi connectivity index (χ1) is 6.69. The molecule has 15 heavy (non-hydrogen) atoms. The lowest BCUT2D eigenvalue weighted by Gasteiger charge is -2.32. The third kappa shape index (κ3) is 2.13. The summed E-state index contributed by atoms with van der Waals surface area (Å²) >= 11 is 0. The zero-order chi connectivity index (χ0) is 11.4. The number of fused-ring (bicyclic) bond motifs is 2. The molecule has 0 spiro atoms. The van der Waals surface area contributed by atoms with Crippen LogP contribution in [0.3, 0.4) is 0 Å². The Balaban J connectivity index is 2.14. The Morgan fingerprint density at radius 2 is 1.07 bits per heavy atom. The summed E-state index contributed by atoms with van der Waals surface area (Å²) in [5.74, 6) is 1.21. The van der Waals surface area contributed by atoms with Crippen molar-refractivity contribution < 1.29 is 9.13 Å². The van der Waals surface area contributed by atoms with Crippen LogP contribution < -0.4 is 0 Å². The molecule has 2 bridgehead atoms. The first-order valence-electron chi connectivity index (χ1n) is 5.79. The normalized spacial score (nSPS) is 41.1. The standard InChI is InChI=1S/C11H22O2P2/c1-14(2,12)10-6-9-5-8(10)7-11(9)15(3,4)13/h8-11H,5-7H2,1-4H3/t8?,9?,10-,11-/m1/s1. The van der Waals surface area contributed by atoms with Crippen molar-refractivity contribution >= 4 is 14.3 Å². The van der Waals surface area contributed by atoms with E-state index in [0.29, 0.717) is 23.2 Å². The second-order valence-corrected chi connectivity index (χ2v) is 13.3. The quantitative estimate of drug-likeness (QED) is 0.702. The van der Waals surface area contributed by atoms with E-state index in [4.69, 9.17) is 0 Å². The molecule has 0 N–H and O–H groups in total. The van der Waals surface area contributed by atoms with Gasteiger partial charge in [0, 0.05) is 11.3 Å². The monoisotopic (exact) mass is 248 g/mol. The fraction of sp³-hybridized carbons (Fsp3) is 1.00. The second-order valence-electron chi connectivity index (χ2n) is 6.23. The van der Waals surface area contributed by atoms with E-state index in [1.807, 2.05) is 26.7 Å². The Kier molecular flexibility index (Phi) is 2.76. The van der Waals surface area contributed by atoms with Crippen molar-refractivity contribution in [3.63, 3.8) is 0 Å². The van der Waals surface area contributed by atoms with Gasteiger partial charge in [0.05, 0.1) is 14.3 Å². The summed E-state index contributed by atoms with van der Waals surface area (Å²) in [5, 5.41) is 0. The molecule has 0 radical (unpaired) electrons. The molecular weight excluding hydrogens is 226 g/mol. The molecule has 88 valence electrons. The van der Waals surface area contributed by atoms with Crippen LogP contribution in [0.15, 0.2) is 0 Å². The van der Waals surface area contributed by atoms with Crippen LogP contribution in [0.1, 0.15) is 19.3 Å². The van der Waals surface area contributed by atoms with Crippen molar-refractivity contribution in [3.05, 3.63) is 0 Å². The predicted octanol–water partition coefficient (Wildman–Crippen LogP) is 3.40. The molecule has 2 aliphatic carbocycles. The van der Waals surface area contributed by atoms with E-state index in [1.54, 1.807) is 0 Å². The fourth-order valence-corrected chi connectivity index (χ4v) is 7.81. The molecule has 4 atom stereocenters. The van der Waals surface area contributed by atoms with Crippen LogP contribution in [0.5, 0.6) is 0 Å². The van der Waals surface area contributed by atoms with Crippen molar-refractivity contribution in [1.29, 1.82) is 0 Å². The van der Waals surface area contributed by atoms with Gasteiger partial charge in [0.1, 0.15) is 0 Å². The average Bonchev–Trinajstić information content (AvgIpc) is 2.57. The van der Waals surface area contributed by atoms with Crippen molar-refractivity contribution in [2.24, 2.45) is 11.8 Å². The maximum absolute atomic E-state index is 12.1. The van der Waals surface area contributed by atoms with Crippen LogP contribution in [0.4, 0.5) is 0 Å². The molecule has 2 rings (SSSR count). The molecular formula is C11H22O2P2. The topological polar surface area (TPSA) is 34.1 Å². The number of rotatable bonds is 2. The first-order valence-corrected chi connectivity index (χ1v) is 11.1. The van der Waals surface area contributed by atoms with Gasteiger partial charge in [0.2, 0.25) is 0 Å². The molecule has 4 heteroatoms. The lowest BCUT2D eigenvalue weighted by atomic mass is 10.00. The Morgan fingerprint density at radius 1 is 0.733 bits per heavy atom. The molecule has 2 nitrogen and oxygen atoms in total. The van der Waals surface area contributed by atoms with Gasteiger partial charge in [-0.3, -0.25) is 0 Å². The highest BCUT2D eigenvalue weighted by atomic mass is 31.2. The molecule has 2 unspecified atom stereocenters. The van der Waals surface area contributed by atoms with Crippen molar-refractivity contribution in [2.45, 2.75) is 30.6 Å². The largest absolute Gasteiger partial charge is 0.324 e.